The molecular weight excluding hydrogens is 232 g/mol. The Hall–Kier alpha value is -1.39. The molecule has 1 aromatic heterocycles. The fourth-order valence-corrected chi connectivity index (χ4v) is 2.49. The number of nitrogen functional groups attached to an aromatic ring is 1. The van der Waals surface area contributed by atoms with Crippen LogP contribution >= 0.6 is 11.3 Å². The van der Waals surface area contributed by atoms with Gasteiger partial charge in [-0.2, -0.15) is 0 Å². The van der Waals surface area contributed by atoms with Crippen molar-refractivity contribution >= 4 is 17.0 Å². The fraction of sp³-hybridized carbons (Fsp3) is 0.308. The van der Waals surface area contributed by atoms with Crippen LogP contribution in [0.25, 0.3) is 11.3 Å². The van der Waals surface area contributed by atoms with E-state index < -0.39 is 0 Å². The van der Waals surface area contributed by atoms with Gasteiger partial charge in [-0.15, -0.1) is 11.3 Å². The minimum absolute atomic E-state index is 0.779. The number of aryl methyl sites for hydroxylation is 1. The standard InChI is InChI=1S/C13H16N2OS/c1-16-8-4-7-13-15-12(9-17-13)10-5-2-3-6-11(10)14/h2-3,5-6,9H,4,7-8,14H2,1H3. The van der Waals surface area contributed by atoms with Crippen molar-refractivity contribution in [3.8, 4) is 11.3 Å². The van der Waals surface area contributed by atoms with E-state index in [1.807, 2.05) is 24.3 Å². The second-order valence-corrected chi connectivity index (χ2v) is 4.75. The maximum Gasteiger partial charge on any atom is 0.0933 e. The van der Waals surface area contributed by atoms with Crippen molar-refractivity contribution < 1.29 is 4.74 Å². The lowest BCUT2D eigenvalue weighted by atomic mass is 10.1. The number of rotatable bonds is 5. The zero-order valence-corrected chi connectivity index (χ0v) is 10.7. The summed E-state index contributed by atoms with van der Waals surface area (Å²) in [5, 5.41) is 3.20. The zero-order chi connectivity index (χ0) is 12.1. The van der Waals surface area contributed by atoms with Crippen LogP contribution in [0.3, 0.4) is 0 Å². The Balaban J connectivity index is 2.10. The summed E-state index contributed by atoms with van der Waals surface area (Å²) >= 11 is 1.68. The first-order valence-corrected chi connectivity index (χ1v) is 6.47. The molecule has 0 aliphatic heterocycles. The molecule has 2 aromatic rings. The molecule has 3 nitrogen and oxygen atoms in total. The normalized spacial score (nSPS) is 10.6. The third-order valence-electron chi connectivity index (χ3n) is 2.53. The van der Waals surface area contributed by atoms with Gasteiger partial charge in [0.2, 0.25) is 0 Å². The molecule has 0 aliphatic carbocycles. The van der Waals surface area contributed by atoms with E-state index in [0.717, 1.165) is 41.4 Å². The molecule has 0 saturated carbocycles. The minimum atomic E-state index is 0.779. The number of benzene rings is 1. The highest BCUT2D eigenvalue weighted by atomic mass is 32.1. The third kappa shape index (κ3) is 3.05. The summed E-state index contributed by atoms with van der Waals surface area (Å²) in [5.74, 6) is 0. The van der Waals surface area contributed by atoms with Gasteiger partial charge in [0, 0.05) is 36.8 Å². The molecule has 2 rings (SSSR count). The number of ether oxygens (including phenoxy) is 1. The minimum Gasteiger partial charge on any atom is -0.398 e. The van der Waals surface area contributed by atoms with Crippen LogP contribution in [0, 0.1) is 0 Å². The predicted octanol–water partition coefficient (Wildman–Crippen LogP) is 2.97. The first-order chi connectivity index (χ1) is 8.31. The van der Waals surface area contributed by atoms with Crippen molar-refractivity contribution in [2.75, 3.05) is 19.5 Å². The molecule has 0 spiro atoms. The number of aromatic nitrogens is 1. The lowest BCUT2D eigenvalue weighted by molar-refractivity contribution is 0.195. The lowest BCUT2D eigenvalue weighted by Crippen LogP contribution is -1.93. The molecule has 0 saturated heterocycles. The highest BCUT2D eigenvalue weighted by molar-refractivity contribution is 7.09. The van der Waals surface area contributed by atoms with Crippen molar-refractivity contribution in [2.24, 2.45) is 0 Å². The number of nitrogens with two attached hydrogens (primary N) is 1. The van der Waals surface area contributed by atoms with Crippen LogP contribution in [0.5, 0.6) is 0 Å². The van der Waals surface area contributed by atoms with Gasteiger partial charge in [0.15, 0.2) is 0 Å². The topological polar surface area (TPSA) is 48.1 Å². The lowest BCUT2D eigenvalue weighted by Gasteiger charge is -2.00. The molecule has 90 valence electrons. The van der Waals surface area contributed by atoms with Crippen molar-refractivity contribution in [2.45, 2.75) is 12.8 Å². The van der Waals surface area contributed by atoms with E-state index >= 15 is 0 Å². The second kappa shape index (κ2) is 5.80. The molecule has 0 aliphatic rings. The van der Waals surface area contributed by atoms with Gasteiger partial charge in [-0.05, 0) is 12.5 Å². The van der Waals surface area contributed by atoms with Crippen LogP contribution in [0.2, 0.25) is 0 Å². The van der Waals surface area contributed by atoms with Crippen LogP contribution in [0.1, 0.15) is 11.4 Å². The average Bonchev–Trinajstić information content (AvgIpc) is 2.79. The molecule has 4 heteroatoms. The van der Waals surface area contributed by atoms with Crippen LogP contribution < -0.4 is 5.73 Å². The maximum atomic E-state index is 5.93. The molecule has 1 heterocycles. The van der Waals surface area contributed by atoms with Gasteiger partial charge in [0.25, 0.3) is 0 Å². The van der Waals surface area contributed by atoms with Crippen molar-refractivity contribution in [1.29, 1.82) is 0 Å². The fourth-order valence-electron chi connectivity index (χ4n) is 1.65. The summed E-state index contributed by atoms with van der Waals surface area (Å²) in [4.78, 5) is 4.60. The van der Waals surface area contributed by atoms with Crippen molar-refractivity contribution in [3.05, 3.63) is 34.7 Å². The molecule has 0 atom stereocenters. The predicted molar refractivity (Wildman–Crippen MR) is 72.2 cm³/mol. The molecular formula is C13H16N2OS. The average molecular weight is 248 g/mol. The Morgan fingerprint density at radius 1 is 1.35 bits per heavy atom. The molecule has 0 bridgehead atoms. The van der Waals surface area contributed by atoms with E-state index in [2.05, 4.69) is 10.4 Å². The van der Waals surface area contributed by atoms with E-state index in [9.17, 15) is 0 Å². The van der Waals surface area contributed by atoms with Gasteiger partial charge in [-0.3, -0.25) is 0 Å². The van der Waals surface area contributed by atoms with E-state index in [-0.39, 0.29) is 0 Å². The number of hydrogen-bond acceptors (Lipinski definition) is 4. The summed E-state index contributed by atoms with van der Waals surface area (Å²) < 4.78 is 5.03. The van der Waals surface area contributed by atoms with Gasteiger partial charge >= 0.3 is 0 Å². The van der Waals surface area contributed by atoms with E-state index in [4.69, 9.17) is 10.5 Å². The summed E-state index contributed by atoms with van der Waals surface area (Å²) in [7, 11) is 1.72. The Morgan fingerprint density at radius 2 is 2.18 bits per heavy atom. The number of thiazole rings is 1. The van der Waals surface area contributed by atoms with Crippen molar-refractivity contribution in [1.82, 2.24) is 4.98 Å². The molecule has 1 aromatic carbocycles. The molecule has 17 heavy (non-hydrogen) atoms. The summed E-state index contributed by atoms with van der Waals surface area (Å²) in [5.41, 5.74) is 8.70. The number of methoxy groups -OCH3 is 1. The van der Waals surface area contributed by atoms with Crippen LogP contribution in [-0.2, 0) is 11.2 Å². The van der Waals surface area contributed by atoms with Crippen LogP contribution in [0.4, 0.5) is 5.69 Å². The van der Waals surface area contributed by atoms with Gasteiger partial charge in [0.05, 0.1) is 10.7 Å². The van der Waals surface area contributed by atoms with E-state index in [1.165, 1.54) is 0 Å². The SMILES string of the molecule is COCCCc1nc(-c2ccccc2N)cs1. The van der Waals surface area contributed by atoms with Crippen LogP contribution in [0.15, 0.2) is 29.6 Å². The highest BCUT2D eigenvalue weighted by Crippen LogP contribution is 2.27. The summed E-state index contributed by atoms with van der Waals surface area (Å²) in [6.45, 7) is 0.780. The Labute approximate surface area is 105 Å². The number of nitrogens with zero attached hydrogens (tertiary/aromatic N) is 1. The molecule has 0 unspecified atom stereocenters. The first kappa shape index (κ1) is 12.1. The summed E-state index contributed by atoms with van der Waals surface area (Å²) in [6, 6.07) is 7.82. The number of anilines is 1. The molecule has 2 N–H and O–H groups in total. The first-order valence-electron chi connectivity index (χ1n) is 5.59. The molecule has 0 amide bonds. The quantitative estimate of drug-likeness (QED) is 0.653. The van der Waals surface area contributed by atoms with E-state index in [1.54, 1.807) is 18.4 Å². The molecule has 0 radical (unpaired) electrons. The third-order valence-corrected chi connectivity index (χ3v) is 3.44. The van der Waals surface area contributed by atoms with E-state index in [0.29, 0.717) is 0 Å². The Bertz CT molecular complexity index is 482. The Kier molecular flexibility index (Phi) is 4.12. The second-order valence-electron chi connectivity index (χ2n) is 3.81. The van der Waals surface area contributed by atoms with Crippen LogP contribution in [-0.4, -0.2) is 18.7 Å². The van der Waals surface area contributed by atoms with Crippen molar-refractivity contribution in [3.63, 3.8) is 0 Å². The number of hydrogen-bond donors (Lipinski definition) is 1. The van der Waals surface area contributed by atoms with Gasteiger partial charge in [-0.1, -0.05) is 18.2 Å². The smallest absolute Gasteiger partial charge is 0.0933 e. The zero-order valence-electron chi connectivity index (χ0n) is 9.85. The van der Waals surface area contributed by atoms with Gasteiger partial charge in [-0.25, -0.2) is 4.98 Å². The number of para-hydroxylation sites is 1. The largest absolute Gasteiger partial charge is 0.398 e. The van der Waals surface area contributed by atoms with Gasteiger partial charge < -0.3 is 10.5 Å². The summed E-state index contributed by atoms with van der Waals surface area (Å²) in [6.07, 6.45) is 1.97. The highest BCUT2D eigenvalue weighted by Gasteiger charge is 2.06. The van der Waals surface area contributed by atoms with Gasteiger partial charge in [0.1, 0.15) is 0 Å². The Morgan fingerprint density at radius 3 is 2.94 bits per heavy atom. The monoisotopic (exact) mass is 248 g/mol. The maximum absolute atomic E-state index is 5.93. The molecule has 0 fully saturated rings.